The van der Waals surface area contributed by atoms with Crippen LogP contribution < -0.4 is 18.9 Å². The topological polar surface area (TPSA) is 63.0 Å². The summed E-state index contributed by atoms with van der Waals surface area (Å²) in [7, 11) is 0. The highest BCUT2D eigenvalue weighted by molar-refractivity contribution is 6.01. The van der Waals surface area contributed by atoms with Gasteiger partial charge in [0.05, 0.1) is 38.4 Å². The lowest BCUT2D eigenvalue weighted by molar-refractivity contribution is -0.459. The average molecular weight is 414 g/mol. The van der Waals surface area contributed by atoms with Crippen molar-refractivity contribution in [1.82, 2.24) is 0 Å². The highest BCUT2D eigenvalue weighted by Crippen LogP contribution is 2.34. The second kappa shape index (κ2) is 10.2. The molecule has 1 heterocycles. The highest BCUT2D eigenvalue weighted by Gasteiger charge is 2.26. The number of fused-ring (bicyclic) bond motifs is 1. The van der Waals surface area contributed by atoms with Crippen LogP contribution in [0.3, 0.4) is 0 Å². The summed E-state index contributed by atoms with van der Waals surface area (Å²) in [5.41, 5.74) is 3.76. The number of hydroxylamine groups is 1. The first-order valence-corrected chi connectivity index (χ1v) is 10.7. The normalized spacial score (nSPS) is 13.1. The van der Waals surface area contributed by atoms with Crippen LogP contribution in [0.1, 0.15) is 44.4 Å². The molecule has 30 heavy (non-hydrogen) atoms. The second-order valence-corrected chi connectivity index (χ2v) is 6.94. The van der Waals surface area contributed by atoms with Crippen LogP contribution in [0.25, 0.3) is 0 Å². The van der Waals surface area contributed by atoms with E-state index in [1.54, 1.807) is 0 Å². The van der Waals surface area contributed by atoms with E-state index >= 15 is 0 Å². The molecule has 0 saturated carbocycles. The van der Waals surface area contributed by atoms with Crippen LogP contribution in [-0.4, -0.2) is 43.4 Å². The Morgan fingerprint density at radius 2 is 1.33 bits per heavy atom. The van der Waals surface area contributed by atoms with Gasteiger partial charge in [0.2, 0.25) is 0 Å². The van der Waals surface area contributed by atoms with Gasteiger partial charge in [0.1, 0.15) is 0 Å². The molecule has 0 unspecified atom stereocenters. The van der Waals surface area contributed by atoms with Crippen molar-refractivity contribution >= 4 is 5.71 Å². The van der Waals surface area contributed by atoms with Gasteiger partial charge in [-0.25, -0.2) is 4.74 Å². The molecule has 0 spiro atoms. The van der Waals surface area contributed by atoms with Gasteiger partial charge in [-0.3, -0.25) is 0 Å². The van der Waals surface area contributed by atoms with Crippen molar-refractivity contribution in [3.05, 3.63) is 52.2 Å². The average Bonchev–Trinajstić information content (AvgIpc) is 2.73. The van der Waals surface area contributed by atoms with E-state index in [1.807, 2.05) is 58.0 Å². The first-order chi connectivity index (χ1) is 14.6. The molecule has 0 amide bonds. The number of ether oxygens (including phenoxy) is 4. The van der Waals surface area contributed by atoms with Crippen LogP contribution in [0.5, 0.6) is 23.0 Å². The third-order valence-corrected chi connectivity index (χ3v) is 4.94. The predicted molar refractivity (Wildman–Crippen MR) is 118 cm³/mol. The summed E-state index contributed by atoms with van der Waals surface area (Å²) in [4.78, 5) is 0. The maximum Gasteiger partial charge on any atom is 0.199 e. The van der Waals surface area contributed by atoms with Gasteiger partial charge >= 0.3 is 0 Å². The van der Waals surface area contributed by atoms with E-state index in [1.165, 1.54) is 0 Å². The molecule has 6 heteroatoms. The Balaban J connectivity index is 1.97. The van der Waals surface area contributed by atoms with Gasteiger partial charge in [-0.15, -0.1) is 0 Å². The van der Waals surface area contributed by atoms with E-state index in [0.717, 1.165) is 38.6 Å². The number of rotatable bonds is 10. The largest absolute Gasteiger partial charge is 0.624 e. The molecule has 0 N–H and O–H groups in total. The van der Waals surface area contributed by atoms with Crippen LogP contribution in [0.2, 0.25) is 0 Å². The Morgan fingerprint density at radius 3 is 1.97 bits per heavy atom. The Bertz CT molecular complexity index is 907. The summed E-state index contributed by atoms with van der Waals surface area (Å²) in [5.74, 6) is 2.83. The molecule has 3 rings (SSSR count). The quantitative estimate of drug-likeness (QED) is 0.427. The Kier molecular flexibility index (Phi) is 7.44. The fraction of sp³-hybridized carbons (Fsp3) is 0.458. The second-order valence-electron chi connectivity index (χ2n) is 6.94. The summed E-state index contributed by atoms with van der Waals surface area (Å²) in [6, 6.07) is 9.82. The lowest BCUT2D eigenvalue weighted by atomic mass is 9.92. The standard InChI is InChI=1S/C24H31NO5/c1-5-27-21-10-9-17(14-22(21)28-6-2)13-20-19-16-24(30-8-4)23(29-7-3)15-18(19)11-12-25(20)26/h9-10,14-16H,5-8,11-13H2,1-4H3. The third kappa shape index (κ3) is 4.81. The van der Waals surface area contributed by atoms with Crippen molar-refractivity contribution in [1.29, 1.82) is 0 Å². The van der Waals surface area contributed by atoms with Gasteiger partial charge in [-0.2, -0.15) is 0 Å². The molecule has 0 aromatic heterocycles. The van der Waals surface area contributed by atoms with Crippen molar-refractivity contribution in [2.24, 2.45) is 0 Å². The van der Waals surface area contributed by atoms with Gasteiger partial charge in [0.25, 0.3) is 0 Å². The van der Waals surface area contributed by atoms with Crippen molar-refractivity contribution in [2.45, 2.75) is 40.5 Å². The molecule has 1 aliphatic heterocycles. The maximum absolute atomic E-state index is 12.8. The number of hydrogen-bond donors (Lipinski definition) is 0. The third-order valence-electron chi connectivity index (χ3n) is 4.94. The van der Waals surface area contributed by atoms with Crippen molar-refractivity contribution in [3.63, 3.8) is 0 Å². The highest BCUT2D eigenvalue weighted by atomic mass is 16.5. The fourth-order valence-corrected chi connectivity index (χ4v) is 3.69. The zero-order valence-corrected chi connectivity index (χ0v) is 18.3. The maximum atomic E-state index is 12.8. The van der Waals surface area contributed by atoms with E-state index in [4.69, 9.17) is 18.9 Å². The molecular formula is C24H31NO5. The molecule has 1 aliphatic rings. The monoisotopic (exact) mass is 413 g/mol. The van der Waals surface area contributed by atoms with Gasteiger partial charge in [-0.1, -0.05) is 6.07 Å². The molecule has 0 aliphatic carbocycles. The first kappa shape index (κ1) is 21.8. The minimum atomic E-state index is 0.428. The van der Waals surface area contributed by atoms with Crippen molar-refractivity contribution in [2.75, 3.05) is 33.0 Å². The van der Waals surface area contributed by atoms with E-state index in [9.17, 15) is 5.21 Å². The first-order valence-electron chi connectivity index (χ1n) is 10.7. The molecule has 0 atom stereocenters. The molecule has 6 nitrogen and oxygen atoms in total. The van der Waals surface area contributed by atoms with Crippen LogP contribution in [0.4, 0.5) is 0 Å². The van der Waals surface area contributed by atoms with E-state index < -0.39 is 0 Å². The van der Waals surface area contributed by atoms with Gasteiger partial charge < -0.3 is 24.2 Å². The summed E-state index contributed by atoms with van der Waals surface area (Å²) in [5, 5.41) is 12.8. The zero-order valence-electron chi connectivity index (χ0n) is 18.3. The molecule has 2 aromatic rings. The lowest BCUT2D eigenvalue weighted by Crippen LogP contribution is -2.28. The van der Waals surface area contributed by atoms with Crippen molar-refractivity contribution in [3.8, 4) is 23.0 Å². The zero-order chi connectivity index (χ0) is 21.5. The van der Waals surface area contributed by atoms with E-state index in [0.29, 0.717) is 57.3 Å². The van der Waals surface area contributed by atoms with Crippen LogP contribution in [0.15, 0.2) is 30.3 Å². The van der Waals surface area contributed by atoms with Crippen molar-refractivity contribution < 1.29 is 23.7 Å². The molecular weight excluding hydrogens is 382 g/mol. The summed E-state index contributed by atoms with van der Waals surface area (Å²) < 4.78 is 24.0. The van der Waals surface area contributed by atoms with E-state index in [2.05, 4.69) is 0 Å². The van der Waals surface area contributed by atoms with Crippen LogP contribution in [-0.2, 0) is 12.8 Å². The van der Waals surface area contributed by atoms with Gasteiger partial charge in [0, 0.05) is 6.42 Å². The minimum absolute atomic E-state index is 0.428. The Morgan fingerprint density at radius 1 is 0.767 bits per heavy atom. The molecule has 0 fully saturated rings. The molecule has 0 bridgehead atoms. The van der Waals surface area contributed by atoms with Crippen LogP contribution >= 0.6 is 0 Å². The summed E-state index contributed by atoms with van der Waals surface area (Å²) in [6.07, 6.45) is 1.19. The molecule has 0 radical (unpaired) electrons. The summed E-state index contributed by atoms with van der Waals surface area (Å²) >= 11 is 0. The molecule has 162 valence electrons. The fourth-order valence-electron chi connectivity index (χ4n) is 3.69. The number of benzene rings is 2. The minimum Gasteiger partial charge on any atom is -0.624 e. The summed E-state index contributed by atoms with van der Waals surface area (Å²) in [6.45, 7) is 10.4. The molecule has 0 saturated heterocycles. The Hall–Kier alpha value is -2.89. The smallest absolute Gasteiger partial charge is 0.199 e. The number of nitrogens with zero attached hydrogens (tertiary/aromatic N) is 1. The number of hydrogen-bond acceptors (Lipinski definition) is 5. The predicted octanol–water partition coefficient (Wildman–Crippen LogP) is 4.38. The van der Waals surface area contributed by atoms with Gasteiger partial charge in [0.15, 0.2) is 35.3 Å². The van der Waals surface area contributed by atoms with E-state index in [-0.39, 0.29) is 0 Å². The molecule has 2 aromatic carbocycles. The Labute approximate surface area is 178 Å². The van der Waals surface area contributed by atoms with Crippen LogP contribution in [0, 0.1) is 5.21 Å². The lowest BCUT2D eigenvalue weighted by Gasteiger charge is -2.22. The SMILES string of the molecule is CCOc1ccc(CC2=[N+]([O-])CCc3cc(OCC)c(OCC)cc32)cc1OCC. The van der Waals surface area contributed by atoms with Gasteiger partial charge in [-0.05, 0) is 63.1 Å².